The lowest BCUT2D eigenvalue weighted by Crippen LogP contribution is -2.60. The van der Waals surface area contributed by atoms with Crippen LogP contribution in [0.15, 0.2) is 24.5 Å². The third-order valence-corrected chi connectivity index (χ3v) is 6.21. The van der Waals surface area contributed by atoms with Crippen LogP contribution in [0.25, 0.3) is 5.52 Å². The molecule has 1 amide bonds. The van der Waals surface area contributed by atoms with Gasteiger partial charge in [0.1, 0.15) is 5.82 Å². The topological polar surface area (TPSA) is 70.9 Å². The Morgan fingerprint density at radius 3 is 2.97 bits per heavy atom. The van der Waals surface area contributed by atoms with Crippen LogP contribution in [0.4, 0.5) is 0 Å². The lowest BCUT2D eigenvalue weighted by atomic mass is 9.98. The fourth-order valence-corrected chi connectivity index (χ4v) is 4.52. The molecule has 2 aliphatic heterocycles. The number of piperazine rings is 1. The van der Waals surface area contributed by atoms with E-state index in [1.54, 1.807) is 0 Å². The molecule has 4 heterocycles. The van der Waals surface area contributed by atoms with Gasteiger partial charge in [-0.1, -0.05) is 6.07 Å². The summed E-state index contributed by atoms with van der Waals surface area (Å²) in [5.41, 5.74) is 1.68. The summed E-state index contributed by atoms with van der Waals surface area (Å²) in [4.78, 5) is 20.1. The highest BCUT2D eigenvalue weighted by Gasteiger charge is 2.33. The van der Waals surface area contributed by atoms with Gasteiger partial charge in [0.15, 0.2) is 0 Å². The van der Waals surface area contributed by atoms with Crippen LogP contribution < -0.4 is 10.6 Å². The molecule has 7 nitrogen and oxygen atoms in total. The highest BCUT2D eigenvalue weighted by Crippen LogP contribution is 2.22. The first-order valence-corrected chi connectivity index (χ1v) is 10.7. The molecule has 0 saturated carbocycles. The van der Waals surface area contributed by atoms with E-state index in [1.165, 1.54) is 5.56 Å². The van der Waals surface area contributed by atoms with Crippen molar-refractivity contribution < 1.29 is 9.53 Å². The maximum atomic E-state index is 13.1. The summed E-state index contributed by atoms with van der Waals surface area (Å²) < 4.78 is 7.54. The molecule has 29 heavy (non-hydrogen) atoms. The van der Waals surface area contributed by atoms with Crippen LogP contribution in [-0.4, -0.2) is 65.6 Å². The zero-order chi connectivity index (χ0) is 20.4. The van der Waals surface area contributed by atoms with Crippen molar-refractivity contribution in [2.45, 2.75) is 45.2 Å². The summed E-state index contributed by atoms with van der Waals surface area (Å²) in [6.45, 7) is 11.5. The molecule has 0 bridgehead atoms. The van der Waals surface area contributed by atoms with Crippen molar-refractivity contribution in [3.8, 4) is 0 Å². The predicted molar refractivity (Wildman–Crippen MR) is 113 cm³/mol. The van der Waals surface area contributed by atoms with Crippen LogP contribution >= 0.6 is 0 Å². The minimum atomic E-state index is -0.568. The molecule has 7 heteroatoms. The van der Waals surface area contributed by atoms with Crippen LogP contribution in [0.3, 0.4) is 0 Å². The Kier molecular flexibility index (Phi) is 5.90. The fraction of sp³-hybridized carbons (Fsp3) is 0.636. The number of amides is 1. The van der Waals surface area contributed by atoms with Crippen LogP contribution in [-0.2, 0) is 15.1 Å². The highest BCUT2D eigenvalue weighted by molar-refractivity contribution is 5.83. The Labute approximate surface area is 172 Å². The van der Waals surface area contributed by atoms with E-state index < -0.39 is 5.54 Å². The second-order valence-electron chi connectivity index (χ2n) is 8.96. The first kappa shape index (κ1) is 20.3. The maximum absolute atomic E-state index is 13.1. The molecule has 1 atom stereocenters. The van der Waals surface area contributed by atoms with Gasteiger partial charge in [0.2, 0.25) is 5.91 Å². The normalized spacial score (nSPS) is 22.1. The smallest absolute Gasteiger partial charge is 0.239 e. The number of nitrogens with zero attached hydrogens (tertiary/aromatic N) is 3. The van der Waals surface area contributed by atoms with Gasteiger partial charge in [-0.25, -0.2) is 4.98 Å². The fourth-order valence-electron chi connectivity index (χ4n) is 4.52. The summed E-state index contributed by atoms with van der Waals surface area (Å²) in [5.74, 6) is 1.57. The third kappa shape index (κ3) is 4.47. The summed E-state index contributed by atoms with van der Waals surface area (Å²) in [7, 11) is 0. The Bertz CT molecular complexity index is 856. The molecule has 158 valence electrons. The van der Waals surface area contributed by atoms with Gasteiger partial charge >= 0.3 is 0 Å². The van der Waals surface area contributed by atoms with Crippen molar-refractivity contribution >= 4 is 11.4 Å². The number of nitrogens with one attached hydrogen (secondary N) is 2. The van der Waals surface area contributed by atoms with E-state index in [9.17, 15) is 4.79 Å². The molecule has 0 aromatic carbocycles. The van der Waals surface area contributed by atoms with Crippen molar-refractivity contribution in [1.82, 2.24) is 24.9 Å². The molecular formula is C22H33N5O2. The Hall–Kier alpha value is -1.96. The molecule has 2 saturated heterocycles. The van der Waals surface area contributed by atoms with Crippen LogP contribution in [0.2, 0.25) is 0 Å². The number of ether oxygens (including phenoxy) is 1. The minimum absolute atomic E-state index is 0.0380. The Morgan fingerprint density at radius 1 is 1.38 bits per heavy atom. The number of fused-ring (bicyclic) bond motifs is 1. The van der Waals surface area contributed by atoms with Gasteiger partial charge in [-0.2, -0.15) is 0 Å². The number of imidazole rings is 1. The van der Waals surface area contributed by atoms with Crippen molar-refractivity contribution in [1.29, 1.82) is 0 Å². The summed E-state index contributed by atoms with van der Waals surface area (Å²) in [6, 6.07) is 3.89. The standard InChI is InChI=1S/C22H33N5O2/c1-16-5-4-9-27-19(16)13-24-21(27)22(2,3)25-20(28)18-15-26(10-8-23-18)14-17-6-11-29-12-7-17/h4-5,9,13,17-18,23H,6-8,10-12,14-15H2,1-3H3,(H,25,28)/t18-/m0/s1. The number of carbonyl (C=O) groups excluding carboxylic acids is 1. The number of rotatable bonds is 5. The quantitative estimate of drug-likeness (QED) is 0.801. The molecule has 0 unspecified atom stereocenters. The van der Waals surface area contributed by atoms with Gasteiger partial charge < -0.3 is 19.8 Å². The number of aromatic nitrogens is 2. The highest BCUT2D eigenvalue weighted by atomic mass is 16.5. The number of hydrogen-bond acceptors (Lipinski definition) is 5. The predicted octanol–water partition coefficient (Wildman–Crippen LogP) is 1.69. The van der Waals surface area contributed by atoms with Crippen molar-refractivity contribution in [2.24, 2.45) is 5.92 Å². The Balaban J connectivity index is 1.41. The van der Waals surface area contributed by atoms with E-state index in [-0.39, 0.29) is 11.9 Å². The van der Waals surface area contributed by atoms with Gasteiger partial charge in [0.25, 0.3) is 0 Å². The molecule has 2 aromatic rings. The molecule has 0 radical (unpaired) electrons. The van der Waals surface area contributed by atoms with E-state index in [0.717, 1.165) is 63.6 Å². The zero-order valence-electron chi connectivity index (χ0n) is 17.8. The monoisotopic (exact) mass is 399 g/mol. The lowest BCUT2D eigenvalue weighted by Gasteiger charge is -2.37. The SMILES string of the molecule is Cc1cccn2c(C(C)(C)NC(=O)[C@@H]3CN(CC4CCOCC4)CCN3)ncc12. The largest absolute Gasteiger partial charge is 0.381 e. The first-order valence-electron chi connectivity index (χ1n) is 10.7. The average Bonchev–Trinajstić information content (AvgIpc) is 3.15. The van der Waals surface area contributed by atoms with E-state index in [1.807, 2.05) is 32.3 Å². The van der Waals surface area contributed by atoms with Crippen LogP contribution in [0.1, 0.15) is 38.1 Å². The number of aryl methyl sites for hydroxylation is 1. The second-order valence-corrected chi connectivity index (χ2v) is 8.96. The van der Waals surface area contributed by atoms with Gasteiger partial charge in [0.05, 0.1) is 23.3 Å². The third-order valence-electron chi connectivity index (χ3n) is 6.21. The molecule has 0 spiro atoms. The van der Waals surface area contributed by atoms with Crippen molar-refractivity contribution in [3.05, 3.63) is 35.9 Å². The second kappa shape index (κ2) is 8.42. The van der Waals surface area contributed by atoms with Gasteiger partial charge in [-0.3, -0.25) is 9.69 Å². The molecular weight excluding hydrogens is 366 g/mol. The van der Waals surface area contributed by atoms with Gasteiger partial charge in [0, 0.05) is 45.6 Å². The zero-order valence-corrected chi connectivity index (χ0v) is 17.8. The van der Waals surface area contributed by atoms with E-state index in [4.69, 9.17) is 4.74 Å². The van der Waals surface area contributed by atoms with Gasteiger partial charge in [-0.15, -0.1) is 0 Å². The van der Waals surface area contributed by atoms with Crippen molar-refractivity contribution in [3.63, 3.8) is 0 Å². The van der Waals surface area contributed by atoms with Crippen molar-refractivity contribution in [2.75, 3.05) is 39.4 Å². The maximum Gasteiger partial charge on any atom is 0.239 e. The molecule has 2 aromatic heterocycles. The van der Waals surface area contributed by atoms with Gasteiger partial charge in [-0.05, 0) is 51.2 Å². The molecule has 2 aliphatic rings. The first-order chi connectivity index (χ1) is 13.9. The molecule has 2 fully saturated rings. The average molecular weight is 400 g/mol. The minimum Gasteiger partial charge on any atom is -0.381 e. The summed E-state index contributed by atoms with van der Waals surface area (Å²) in [5, 5.41) is 6.63. The summed E-state index contributed by atoms with van der Waals surface area (Å²) >= 11 is 0. The van der Waals surface area contributed by atoms with E-state index >= 15 is 0 Å². The molecule has 4 rings (SSSR count). The van der Waals surface area contributed by atoms with E-state index in [0.29, 0.717) is 5.92 Å². The Morgan fingerprint density at radius 2 is 2.17 bits per heavy atom. The van der Waals surface area contributed by atoms with Crippen LogP contribution in [0, 0.1) is 12.8 Å². The summed E-state index contributed by atoms with van der Waals surface area (Å²) in [6.07, 6.45) is 6.14. The lowest BCUT2D eigenvalue weighted by molar-refractivity contribution is -0.126. The number of hydrogen-bond donors (Lipinski definition) is 2. The molecule has 0 aliphatic carbocycles. The number of carbonyl (C=O) groups is 1. The van der Waals surface area contributed by atoms with E-state index in [2.05, 4.69) is 37.9 Å². The van der Waals surface area contributed by atoms with Crippen LogP contribution in [0.5, 0.6) is 0 Å². The number of pyridine rings is 1. The molecule has 2 N–H and O–H groups in total.